The molecule has 1 unspecified atom stereocenters. The van der Waals surface area contributed by atoms with Crippen LogP contribution in [-0.4, -0.2) is 16.3 Å². The van der Waals surface area contributed by atoms with E-state index >= 15 is 0 Å². The van der Waals surface area contributed by atoms with Crippen LogP contribution in [-0.2, 0) is 19.0 Å². The molecule has 0 saturated carbocycles. The molecular formula is C16H15F3O2. The maximum Gasteiger partial charge on any atom is 0.416 e. The van der Waals surface area contributed by atoms with Crippen LogP contribution < -0.4 is 0 Å². The number of rotatable bonds is 4. The molecule has 0 heterocycles. The standard InChI is InChI=1S/C16H15F3O2/c17-16(18,19)13-5-1-3-11(7-13)9-15(21)10-12-4-2-6-14(20)8-12/h1-8,15,20-21H,9-10H2. The van der Waals surface area contributed by atoms with E-state index in [0.717, 1.165) is 17.7 Å². The predicted molar refractivity (Wildman–Crippen MR) is 73.0 cm³/mol. The van der Waals surface area contributed by atoms with Crippen LogP contribution >= 0.6 is 0 Å². The molecule has 2 nitrogen and oxygen atoms in total. The molecule has 0 spiro atoms. The summed E-state index contributed by atoms with van der Waals surface area (Å²) in [6.45, 7) is 0. The van der Waals surface area contributed by atoms with Crippen molar-refractivity contribution in [2.24, 2.45) is 0 Å². The van der Waals surface area contributed by atoms with Crippen LogP contribution in [0.1, 0.15) is 16.7 Å². The van der Waals surface area contributed by atoms with Gasteiger partial charge in [-0.05, 0) is 42.2 Å². The van der Waals surface area contributed by atoms with Crippen LogP contribution in [0.3, 0.4) is 0 Å². The Balaban J connectivity index is 2.04. The lowest BCUT2D eigenvalue weighted by atomic mass is 10.00. The van der Waals surface area contributed by atoms with Gasteiger partial charge in [-0.2, -0.15) is 13.2 Å². The van der Waals surface area contributed by atoms with Gasteiger partial charge in [0.05, 0.1) is 11.7 Å². The Kier molecular flexibility index (Phi) is 4.53. The summed E-state index contributed by atoms with van der Waals surface area (Å²) >= 11 is 0. The molecule has 2 rings (SSSR count). The van der Waals surface area contributed by atoms with Gasteiger partial charge in [0.25, 0.3) is 0 Å². The van der Waals surface area contributed by atoms with Crippen LogP contribution in [0.15, 0.2) is 48.5 Å². The Labute approximate surface area is 120 Å². The third kappa shape index (κ3) is 4.49. The molecule has 0 saturated heterocycles. The zero-order chi connectivity index (χ0) is 15.5. The number of phenolic OH excluding ortho intramolecular Hbond substituents is 1. The summed E-state index contributed by atoms with van der Waals surface area (Å²) in [6.07, 6.45) is -4.80. The molecule has 0 aliphatic rings. The molecule has 0 aromatic heterocycles. The highest BCUT2D eigenvalue weighted by Crippen LogP contribution is 2.29. The number of hydrogen-bond acceptors (Lipinski definition) is 2. The molecular weight excluding hydrogens is 281 g/mol. The van der Waals surface area contributed by atoms with Gasteiger partial charge in [0.1, 0.15) is 5.75 Å². The third-order valence-corrected chi connectivity index (χ3v) is 3.11. The van der Waals surface area contributed by atoms with Crippen LogP contribution in [0.2, 0.25) is 0 Å². The lowest BCUT2D eigenvalue weighted by Gasteiger charge is -2.13. The van der Waals surface area contributed by atoms with Crippen LogP contribution in [0.25, 0.3) is 0 Å². The van der Waals surface area contributed by atoms with E-state index in [1.165, 1.54) is 18.2 Å². The topological polar surface area (TPSA) is 40.5 Å². The molecule has 2 aromatic carbocycles. The van der Waals surface area contributed by atoms with E-state index in [0.29, 0.717) is 5.56 Å². The van der Waals surface area contributed by atoms with Crippen molar-refractivity contribution in [2.45, 2.75) is 25.1 Å². The van der Waals surface area contributed by atoms with Crippen LogP contribution in [0.4, 0.5) is 13.2 Å². The number of alkyl halides is 3. The second-order valence-corrected chi connectivity index (χ2v) is 4.93. The molecule has 0 amide bonds. The van der Waals surface area contributed by atoms with Crippen molar-refractivity contribution in [3.63, 3.8) is 0 Å². The number of aliphatic hydroxyl groups excluding tert-OH is 1. The van der Waals surface area contributed by atoms with E-state index in [1.54, 1.807) is 18.2 Å². The van der Waals surface area contributed by atoms with Gasteiger partial charge in [0.2, 0.25) is 0 Å². The fraction of sp³-hybridized carbons (Fsp3) is 0.250. The van der Waals surface area contributed by atoms with Crippen molar-refractivity contribution in [3.8, 4) is 5.75 Å². The number of hydrogen-bond donors (Lipinski definition) is 2. The molecule has 1 atom stereocenters. The normalized spacial score (nSPS) is 13.1. The second kappa shape index (κ2) is 6.18. The van der Waals surface area contributed by atoms with E-state index in [-0.39, 0.29) is 18.6 Å². The summed E-state index contributed by atoms with van der Waals surface area (Å²) in [5.74, 6) is 0.0961. The first kappa shape index (κ1) is 15.4. The van der Waals surface area contributed by atoms with Gasteiger partial charge in [-0.3, -0.25) is 0 Å². The first-order valence-corrected chi connectivity index (χ1v) is 6.47. The van der Waals surface area contributed by atoms with E-state index in [1.807, 2.05) is 0 Å². The first-order valence-electron chi connectivity index (χ1n) is 6.47. The van der Waals surface area contributed by atoms with Crippen molar-refractivity contribution in [3.05, 3.63) is 65.2 Å². The van der Waals surface area contributed by atoms with Gasteiger partial charge >= 0.3 is 6.18 Å². The number of aliphatic hydroxyl groups is 1. The quantitative estimate of drug-likeness (QED) is 0.905. The highest BCUT2D eigenvalue weighted by atomic mass is 19.4. The monoisotopic (exact) mass is 296 g/mol. The fourth-order valence-electron chi connectivity index (χ4n) is 2.17. The van der Waals surface area contributed by atoms with Gasteiger partial charge in [-0.15, -0.1) is 0 Å². The van der Waals surface area contributed by atoms with Crippen molar-refractivity contribution < 1.29 is 23.4 Å². The molecule has 2 aromatic rings. The smallest absolute Gasteiger partial charge is 0.416 e. The summed E-state index contributed by atoms with van der Waals surface area (Å²) in [4.78, 5) is 0. The van der Waals surface area contributed by atoms with Crippen molar-refractivity contribution in [2.75, 3.05) is 0 Å². The zero-order valence-electron chi connectivity index (χ0n) is 11.1. The van der Waals surface area contributed by atoms with Crippen LogP contribution in [0.5, 0.6) is 5.75 Å². The van der Waals surface area contributed by atoms with Gasteiger partial charge in [0, 0.05) is 0 Å². The van der Waals surface area contributed by atoms with Gasteiger partial charge in [-0.1, -0.05) is 30.3 Å². The second-order valence-electron chi connectivity index (χ2n) is 4.93. The van der Waals surface area contributed by atoms with Gasteiger partial charge in [-0.25, -0.2) is 0 Å². The fourth-order valence-corrected chi connectivity index (χ4v) is 2.17. The predicted octanol–water partition coefficient (Wildman–Crippen LogP) is 3.56. The van der Waals surface area contributed by atoms with Gasteiger partial charge in [0.15, 0.2) is 0 Å². The minimum Gasteiger partial charge on any atom is -0.508 e. The zero-order valence-corrected chi connectivity index (χ0v) is 11.1. The molecule has 0 bridgehead atoms. The number of phenols is 1. The van der Waals surface area contributed by atoms with Crippen molar-refractivity contribution in [1.82, 2.24) is 0 Å². The van der Waals surface area contributed by atoms with Crippen LogP contribution in [0, 0.1) is 0 Å². The summed E-state index contributed by atoms with van der Waals surface area (Å²) in [5.41, 5.74) is 0.441. The Bertz CT molecular complexity index is 608. The molecule has 0 fully saturated rings. The first-order chi connectivity index (χ1) is 9.84. The third-order valence-electron chi connectivity index (χ3n) is 3.11. The molecule has 5 heteroatoms. The number of halogens is 3. The van der Waals surface area contributed by atoms with Gasteiger partial charge < -0.3 is 10.2 Å². The average molecular weight is 296 g/mol. The Morgan fingerprint density at radius 2 is 1.48 bits per heavy atom. The minimum absolute atomic E-state index is 0.0961. The Morgan fingerprint density at radius 3 is 2.05 bits per heavy atom. The summed E-state index contributed by atoms with van der Waals surface area (Å²) in [7, 11) is 0. The van der Waals surface area contributed by atoms with E-state index < -0.39 is 17.8 Å². The summed E-state index contributed by atoms with van der Waals surface area (Å²) in [6, 6.07) is 11.4. The largest absolute Gasteiger partial charge is 0.508 e. The maximum absolute atomic E-state index is 12.6. The molecule has 112 valence electrons. The summed E-state index contributed by atoms with van der Waals surface area (Å²) in [5, 5.41) is 19.3. The number of benzene rings is 2. The molecule has 21 heavy (non-hydrogen) atoms. The lowest BCUT2D eigenvalue weighted by Crippen LogP contribution is -2.14. The molecule has 0 aliphatic heterocycles. The lowest BCUT2D eigenvalue weighted by molar-refractivity contribution is -0.137. The highest BCUT2D eigenvalue weighted by molar-refractivity contribution is 5.29. The SMILES string of the molecule is Oc1cccc(CC(O)Cc2cccc(C(F)(F)F)c2)c1. The van der Waals surface area contributed by atoms with E-state index in [9.17, 15) is 23.4 Å². The minimum atomic E-state index is -4.38. The maximum atomic E-state index is 12.6. The molecule has 2 N–H and O–H groups in total. The average Bonchev–Trinajstić information content (AvgIpc) is 2.37. The Hall–Kier alpha value is -2.01. The van der Waals surface area contributed by atoms with Crippen molar-refractivity contribution >= 4 is 0 Å². The summed E-state index contributed by atoms with van der Waals surface area (Å²) < 4.78 is 37.8. The van der Waals surface area contributed by atoms with E-state index in [4.69, 9.17) is 0 Å². The number of aromatic hydroxyl groups is 1. The van der Waals surface area contributed by atoms with Crippen molar-refractivity contribution in [1.29, 1.82) is 0 Å². The molecule has 0 aliphatic carbocycles. The highest BCUT2D eigenvalue weighted by Gasteiger charge is 2.30. The van der Waals surface area contributed by atoms with E-state index in [2.05, 4.69) is 0 Å². The molecule has 0 radical (unpaired) electrons. The Morgan fingerprint density at radius 1 is 0.905 bits per heavy atom.